The summed E-state index contributed by atoms with van der Waals surface area (Å²) in [6.07, 6.45) is -10.2. The zero-order valence-electron chi connectivity index (χ0n) is 18.4. The minimum atomic E-state index is -5.21. The number of carbonyl (C=O) groups excluding carboxylic acids is 2. The van der Waals surface area contributed by atoms with Gasteiger partial charge in [-0.15, -0.1) is 13.2 Å². The zero-order chi connectivity index (χ0) is 27.7. The highest BCUT2D eigenvalue weighted by Gasteiger charge is 2.37. The van der Waals surface area contributed by atoms with Gasteiger partial charge in [0.2, 0.25) is 0 Å². The van der Waals surface area contributed by atoms with Crippen molar-refractivity contribution in [3.8, 4) is 17.2 Å². The Hall–Kier alpha value is -4.36. The highest BCUT2D eigenvalue weighted by atomic mass is 19.4. The molecular formula is C23H14F8N2O4. The monoisotopic (exact) mass is 534 g/mol. The van der Waals surface area contributed by atoms with Gasteiger partial charge in [0, 0.05) is 5.69 Å². The lowest BCUT2D eigenvalue weighted by atomic mass is 10.1. The minimum absolute atomic E-state index is 0.00229. The van der Waals surface area contributed by atoms with Crippen molar-refractivity contribution in [3.05, 3.63) is 82.4 Å². The third kappa shape index (κ3) is 6.45. The molecule has 3 aromatic rings. The van der Waals surface area contributed by atoms with E-state index < -0.39 is 64.2 Å². The van der Waals surface area contributed by atoms with Gasteiger partial charge in [0.05, 0.1) is 11.1 Å². The number of hydrogen-bond acceptors (Lipinski definition) is 4. The average Bonchev–Trinajstić information content (AvgIpc) is 2.73. The lowest BCUT2D eigenvalue weighted by Crippen LogP contribution is -2.19. The highest BCUT2D eigenvalue weighted by Crippen LogP contribution is 2.38. The predicted molar refractivity (Wildman–Crippen MR) is 112 cm³/mol. The van der Waals surface area contributed by atoms with Gasteiger partial charge >= 0.3 is 12.5 Å². The number of halogens is 8. The summed E-state index contributed by atoms with van der Waals surface area (Å²) in [6.45, 7) is 1.27. The van der Waals surface area contributed by atoms with E-state index in [9.17, 15) is 44.7 Å². The van der Waals surface area contributed by atoms with Crippen LogP contribution in [0, 0.1) is 18.6 Å². The molecule has 3 N–H and O–H groups in total. The molecule has 0 heterocycles. The molecule has 0 bridgehead atoms. The van der Waals surface area contributed by atoms with Crippen LogP contribution in [0.5, 0.6) is 17.2 Å². The molecule has 3 rings (SSSR count). The van der Waals surface area contributed by atoms with E-state index in [1.807, 2.05) is 5.32 Å². The average molecular weight is 534 g/mol. The summed E-state index contributed by atoms with van der Waals surface area (Å²) in [5.41, 5.74) is 1.03. The zero-order valence-corrected chi connectivity index (χ0v) is 18.4. The van der Waals surface area contributed by atoms with Gasteiger partial charge in [0.15, 0.2) is 5.82 Å². The van der Waals surface area contributed by atoms with Gasteiger partial charge in [0.25, 0.3) is 11.8 Å². The normalized spacial score (nSPS) is 11.7. The lowest BCUT2D eigenvalue weighted by Gasteiger charge is -2.17. The number of alkyl halides is 6. The van der Waals surface area contributed by atoms with Crippen LogP contribution >= 0.6 is 0 Å². The van der Waals surface area contributed by atoms with E-state index in [-0.39, 0.29) is 17.0 Å². The Morgan fingerprint density at radius 3 is 2.08 bits per heavy atom. The second kappa shape index (κ2) is 9.95. The molecule has 0 saturated carbocycles. The summed E-state index contributed by atoms with van der Waals surface area (Å²) in [5, 5.41) is 2.00. The Morgan fingerprint density at radius 2 is 1.54 bits per heavy atom. The molecule has 0 fully saturated rings. The van der Waals surface area contributed by atoms with E-state index in [4.69, 9.17) is 10.5 Å². The summed E-state index contributed by atoms with van der Waals surface area (Å²) in [4.78, 5) is 23.9. The fourth-order valence-corrected chi connectivity index (χ4v) is 3.11. The molecule has 0 spiro atoms. The number of aryl methyl sites for hydroxylation is 1. The minimum Gasteiger partial charge on any atom is -0.456 e. The van der Waals surface area contributed by atoms with Crippen LogP contribution in [0.2, 0.25) is 0 Å². The van der Waals surface area contributed by atoms with Gasteiger partial charge in [-0.2, -0.15) is 13.2 Å². The Balaban J connectivity index is 2.02. The van der Waals surface area contributed by atoms with Crippen molar-refractivity contribution in [1.82, 2.24) is 0 Å². The Kier molecular flexibility index (Phi) is 7.32. The summed E-state index contributed by atoms with van der Waals surface area (Å²) in [5.74, 6) is -7.40. The maximum absolute atomic E-state index is 14.9. The first-order valence-corrected chi connectivity index (χ1v) is 9.91. The number of amides is 2. The van der Waals surface area contributed by atoms with E-state index in [2.05, 4.69) is 4.74 Å². The van der Waals surface area contributed by atoms with Crippen molar-refractivity contribution in [3.63, 3.8) is 0 Å². The Morgan fingerprint density at radius 1 is 0.892 bits per heavy atom. The molecule has 6 nitrogen and oxygen atoms in total. The van der Waals surface area contributed by atoms with E-state index in [0.717, 1.165) is 30.3 Å². The molecule has 0 aromatic heterocycles. The topological polar surface area (TPSA) is 90.7 Å². The standard InChI is InChI=1S/C23H14F8N2O4/c1-10-8-12(37-23(29,30)31)3-6-16(10)36-17-7-5-14(22(26,27)28)19(25)18(17)21(35)33-11-2-4-13(20(32)34)15(24)9-11/h2-9H,1H3,(H2,32,34)(H,33,35). The highest BCUT2D eigenvalue weighted by molar-refractivity contribution is 6.07. The van der Waals surface area contributed by atoms with Crippen molar-refractivity contribution >= 4 is 17.5 Å². The van der Waals surface area contributed by atoms with Crippen LogP contribution in [0.15, 0.2) is 48.5 Å². The molecule has 196 valence electrons. The summed E-state index contributed by atoms with van der Waals surface area (Å²) in [6, 6.07) is 6.15. The second-order valence-electron chi connectivity index (χ2n) is 7.39. The number of hydrogen-bond donors (Lipinski definition) is 2. The molecule has 2 amide bonds. The quantitative estimate of drug-likeness (QED) is 0.362. The van der Waals surface area contributed by atoms with Gasteiger partial charge in [-0.25, -0.2) is 8.78 Å². The van der Waals surface area contributed by atoms with E-state index in [0.29, 0.717) is 18.2 Å². The number of nitrogens with two attached hydrogens (primary N) is 1. The third-order valence-electron chi connectivity index (χ3n) is 4.73. The maximum Gasteiger partial charge on any atom is 0.573 e. The van der Waals surface area contributed by atoms with E-state index in [1.54, 1.807) is 0 Å². The smallest absolute Gasteiger partial charge is 0.456 e. The molecular weight excluding hydrogens is 520 g/mol. The molecule has 0 atom stereocenters. The predicted octanol–water partition coefficient (Wildman–Crippen LogP) is 6.33. The van der Waals surface area contributed by atoms with Crippen LogP contribution in [-0.2, 0) is 6.18 Å². The van der Waals surface area contributed by atoms with Crippen LogP contribution in [0.25, 0.3) is 0 Å². The van der Waals surface area contributed by atoms with Gasteiger partial charge in [-0.05, 0) is 61.0 Å². The summed E-state index contributed by atoms with van der Waals surface area (Å²) >= 11 is 0. The van der Waals surface area contributed by atoms with Crippen LogP contribution in [-0.4, -0.2) is 18.2 Å². The number of anilines is 1. The Labute approximate surface area is 202 Å². The number of primary amides is 1. The van der Waals surface area contributed by atoms with Crippen LogP contribution in [0.1, 0.15) is 31.8 Å². The fourth-order valence-electron chi connectivity index (χ4n) is 3.11. The second-order valence-corrected chi connectivity index (χ2v) is 7.39. The Bertz CT molecular complexity index is 1370. The SMILES string of the molecule is Cc1cc(OC(F)(F)F)ccc1Oc1ccc(C(F)(F)F)c(F)c1C(=O)Nc1ccc(C(N)=O)c(F)c1. The molecule has 14 heteroatoms. The van der Waals surface area contributed by atoms with Gasteiger partial charge in [-0.1, -0.05) is 0 Å². The third-order valence-corrected chi connectivity index (χ3v) is 4.73. The van der Waals surface area contributed by atoms with Crippen LogP contribution in [0.3, 0.4) is 0 Å². The van der Waals surface area contributed by atoms with Crippen molar-refractivity contribution in [1.29, 1.82) is 0 Å². The van der Waals surface area contributed by atoms with Gasteiger partial charge in [-0.3, -0.25) is 9.59 Å². The van der Waals surface area contributed by atoms with Crippen molar-refractivity contribution in [2.45, 2.75) is 19.5 Å². The molecule has 0 saturated heterocycles. The number of ether oxygens (including phenoxy) is 2. The fraction of sp³-hybridized carbons (Fsp3) is 0.130. The molecule has 0 aliphatic heterocycles. The maximum atomic E-state index is 14.9. The molecule has 3 aromatic carbocycles. The molecule has 0 aliphatic rings. The molecule has 0 radical (unpaired) electrons. The number of nitrogens with one attached hydrogen (secondary N) is 1. The first-order valence-electron chi connectivity index (χ1n) is 9.91. The van der Waals surface area contributed by atoms with Crippen molar-refractivity contribution in [2.24, 2.45) is 5.73 Å². The lowest BCUT2D eigenvalue weighted by molar-refractivity contribution is -0.274. The number of benzene rings is 3. The molecule has 37 heavy (non-hydrogen) atoms. The molecule has 0 unspecified atom stereocenters. The van der Waals surface area contributed by atoms with Crippen molar-refractivity contribution < 1.29 is 54.2 Å². The summed E-state index contributed by atoms with van der Waals surface area (Å²) in [7, 11) is 0. The first kappa shape index (κ1) is 27.2. The number of rotatable bonds is 6. The van der Waals surface area contributed by atoms with Gasteiger partial charge < -0.3 is 20.5 Å². The summed E-state index contributed by atoms with van der Waals surface area (Å²) < 4.78 is 115. The van der Waals surface area contributed by atoms with Crippen molar-refractivity contribution in [2.75, 3.05) is 5.32 Å². The van der Waals surface area contributed by atoms with Crippen LogP contribution < -0.4 is 20.5 Å². The van der Waals surface area contributed by atoms with E-state index >= 15 is 0 Å². The number of carbonyl (C=O) groups is 2. The largest absolute Gasteiger partial charge is 0.573 e. The molecule has 0 aliphatic carbocycles. The van der Waals surface area contributed by atoms with E-state index in [1.165, 1.54) is 6.92 Å². The van der Waals surface area contributed by atoms with Gasteiger partial charge in [0.1, 0.15) is 28.6 Å². The van der Waals surface area contributed by atoms with Crippen LogP contribution in [0.4, 0.5) is 40.8 Å². The first-order chi connectivity index (χ1) is 17.1.